The number of halogens is 3. The zero-order valence-electron chi connectivity index (χ0n) is 11.7. The molecule has 0 amide bonds. The van der Waals surface area contributed by atoms with E-state index < -0.39 is 11.9 Å². The molecule has 1 fully saturated rings. The molecule has 0 spiro atoms. The molecule has 0 atom stereocenters. The molecule has 0 aliphatic carbocycles. The van der Waals surface area contributed by atoms with Crippen molar-refractivity contribution >= 4 is 11.8 Å². The van der Waals surface area contributed by atoms with Gasteiger partial charge in [0.15, 0.2) is 5.69 Å². The fourth-order valence-electron chi connectivity index (χ4n) is 1.80. The van der Waals surface area contributed by atoms with Gasteiger partial charge in [-0.25, -0.2) is 9.99 Å². The molecule has 2 N–H and O–H groups in total. The van der Waals surface area contributed by atoms with Crippen LogP contribution in [-0.4, -0.2) is 47.8 Å². The van der Waals surface area contributed by atoms with Crippen molar-refractivity contribution in [3.05, 3.63) is 11.8 Å². The number of rotatable bonds is 5. The quantitative estimate of drug-likeness (QED) is 0.867. The predicted octanol–water partition coefficient (Wildman–Crippen LogP) is 1.98. The number of hydrogen-bond donors (Lipinski definition) is 2. The Kier molecular flexibility index (Phi) is 5.18. The van der Waals surface area contributed by atoms with Crippen LogP contribution in [0.3, 0.4) is 0 Å². The Hall–Kier alpha value is -1.61. The van der Waals surface area contributed by atoms with E-state index in [1.54, 1.807) is 5.01 Å². The van der Waals surface area contributed by atoms with E-state index in [0.717, 1.165) is 12.5 Å². The molecule has 21 heavy (non-hydrogen) atoms. The van der Waals surface area contributed by atoms with Crippen LogP contribution < -0.4 is 10.7 Å². The number of nitrogens with zero attached hydrogens (tertiary/aromatic N) is 3. The zero-order valence-corrected chi connectivity index (χ0v) is 11.7. The predicted molar refractivity (Wildman–Crippen MR) is 71.8 cm³/mol. The molecule has 0 bridgehead atoms. The molecule has 118 valence electrons. The summed E-state index contributed by atoms with van der Waals surface area (Å²) in [5.74, 6) is 0.0975. The van der Waals surface area contributed by atoms with Gasteiger partial charge >= 0.3 is 6.18 Å². The van der Waals surface area contributed by atoms with Crippen molar-refractivity contribution in [2.75, 3.05) is 43.6 Å². The summed E-state index contributed by atoms with van der Waals surface area (Å²) < 4.78 is 43.8. The summed E-state index contributed by atoms with van der Waals surface area (Å²) in [5, 5.41) is 4.55. The van der Waals surface area contributed by atoms with Crippen molar-refractivity contribution in [3.63, 3.8) is 0 Å². The first-order chi connectivity index (χ1) is 9.99. The Balaban J connectivity index is 2.17. The average Bonchev–Trinajstić information content (AvgIpc) is 2.45. The van der Waals surface area contributed by atoms with Crippen LogP contribution in [0.5, 0.6) is 0 Å². The lowest BCUT2D eigenvalue weighted by Crippen LogP contribution is -2.40. The van der Waals surface area contributed by atoms with E-state index in [9.17, 15) is 13.2 Å². The fourth-order valence-corrected chi connectivity index (χ4v) is 1.80. The average molecular weight is 305 g/mol. The molecule has 6 nitrogen and oxygen atoms in total. The summed E-state index contributed by atoms with van der Waals surface area (Å²) in [5.41, 5.74) is 1.91. The first-order valence-electron chi connectivity index (χ1n) is 6.78. The Morgan fingerprint density at radius 1 is 1.29 bits per heavy atom. The second-order valence-corrected chi connectivity index (χ2v) is 4.60. The third kappa shape index (κ3) is 4.71. The van der Waals surface area contributed by atoms with Crippen molar-refractivity contribution in [2.45, 2.75) is 19.5 Å². The maximum absolute atomic E-state index is 12.9. The molecular formula is C12H18F3N5O. The number of nitrogens with one attached hydrogen (secondary N) is 2. The van der Waals surface area contributed by atoms with Gasteiger partial charge in [0.2, 0.25) is 5.95 Å². The monoisotopic (exact) mass is 305 g/mol. The normalized spacial score (nSPS) is 16.8. The van der Waals surface area contributed by atoms with Crippen LogP contribution in [-0.2, 0) is 10.9 Å². The molecule has 0 unspecified atom stereocenters. The number of hydrazine groups is 1. The van der Waals surface area contributed by atoms with Gasteiger partial charge in [-0.1, -0.05) is 6.92 Å². The molecule has 1 aromatic rings. The molecule has 0 aromatic carbocycles. The third-order valence-corrected chi connectivity index (χ3v) is 2.83. The fraction of sp³-hybridized carbons (Fsp3) is 0.667. The van der Waals surface area contributed by atoms with Crippen molar-refractivity contribution in [2.24, 2.45) is 0 Å². The molecule has 9 heteroatoms. The lowest BCUT2D eigenvalue weighted by molar-refractivity contribution is -0.141. The Morgan fingerprint density at radius 3 is 2.62 bits per heavy atom. The second kappa shape index (κ2) is 6.90. The number of ether oxygens (including phenoxy) is 1. The van der Waals surface area contributed by atoms with Crippen molar-refractivity contribution in [1.82, 2.24) is 15.0 Å². The van der Waals surface area contributed by atoms with E-state index in [2.05, 4.69) is 20.7 Å². The maximum atomic E-state index is 12.9. The smallest absolute Gasteiger partial charge is 0.379 e. The van der Waals surface area contributed by atoms with Crippen LogP contribution in [0.25, 0.3) is 0 Å². The molecule has 2 heterocycles. The highest BCUT2D eigenvalue weighted by atomic mass is 19.4. The first kappa shape index (κ1) is 15.8. The standard InChI is InChI=1S/C12H18F3N5O/c1-2-3-16-11-17-9(12(13,14)15)8-10(18-11)19-20-4-6-21-7-5-20/h8H,2-7H2,1H3,(H2,16,17,18,19). The maximum Gasteiger partial charge on any atom is 0.433 e. The van der Waals surface area contributed by atoms with E-state index in [1.165, 1.54) is 0 Å². The largest absolute Gasteiger partial charge is 0.433 e. The molecule has 1 aromatic heterocycles. The topological polar surface area (TPSA) is 62.3 Å². The van der Waals surface area contributed by atoms with Crippen molar-refractivity contribution in [1.29, 1.82) is 0 Å². The van der Waals surface area contributed by atoms with E-state index in [-0.39, 0.29) is 11.8 Å². The highest BCUT2D eigenvalue weighted by Gasteiger charge is 2.34. The SMILES string of the molecule is CCCNc1nc(NN2CCOCC2)cc(C(F)(F)F)n1. The van der Waals surface area contributed by atoms with Crippen LogP contribution in [0.4, 0.5) is 24.9 Å². The Bertz CT molecular complexity index is 463. The minimum absolute atomic E-state index is 0.0255. The molecule has 1 aliphatic rings. The number of aromatic nitrogens is 2. The molecule has 1 saturated heterocycles. The zero-order chi connectivity index (χ0) is 15.3. The van der Waals surface area contributed by atoms with E-state index in [1.807, 2.05) is 6.92 Å². The highest BCUT2D eigenvalue weighted by molar-refractivity contribution is 5.42. The van der Waals surface area contributed by atoms with Gasteiger partial charge in [-0.05, 0) is 6.42 Å². The summed E-state index contributed by atoms with van der Waals surface area (Å²) in [4.78, 5) is 7.57. The highest BCUT2D eigenvalue weighted by Crippen LogP contribution is 2.29. The summed E-state index contributed by atoms with van der Waals surface area (Å²) >= 11 is 0. The summed E-state index contributed by atoms with van der Waals surface area (Å²) in [6.45, 7) is 4.66. The van der Waals surface area contributed by atoms with Crippen LogP contribution in [0.15, 0.2) is 6.07 Å². The number of morpholine rings is 1. The summed E-state index contributed by atoms with van der Waals surface area (Å²) in [6, 6.07) is 0.909. The lowest BCUT2D eigenvalue weighted by Gasteiger charge is -2.27. The molecule has 0 saturated carbocycles. The summed E-state index contributed by atoms with van der Waals surface area (Å²) in [6.07, 6.45) is -3.74. The van der Waals surface area contributed by atoms with Crippen LogP contribution >= 0.6 is 0 Å². The van der Waals surface area contributed by atoms with Crippen LogP contribution in [0.1, 0.15) is 19.0 Å². The Labute approximate surface area is 120 Å². The van der Waals surface area contributed by atoms with Gasteiger partial charge in [0.1, 0.15) is 5.82 Å². The van der Waals surface area contributed by atoms with E-state index in [0.29, 0.717) is 32.8 Å². The lowest BCUT2D eigenvalue weighted by atomic mass is 10.4. The number of alkyl halides is 3. The van der Waals surface area contributed by atoms with Gasteiger partial charge in [-0.2, -0.15) is 18.2 Å². The first-order valence-corrected chi connectivity index (χ1v) is 6.78. The van der Waals surface area contributed by atoms with Crippen LogP contribution in [0.2, 0.25) is 0 Å². The van der Waals surface area contributed by atoms with Crippen LogP contribution in [0, 0.1) is 0 Å². The summed E-state index contributed by atoms with van der Waals surface area (Å²) in [7, 11) is 0. The molecule has 1 aliphatic heterocycles. The minimum atomic E-state index is -4.51. The van der Waals surface area contributed by atoms with E-state index >= 15 is 0 Å². The molecule has 0 radical (unpaired) electrons. The van der Waals surface area contributed by atoms with Gasteiger partial charge in [-0.15, -0.1) is 0 Å². The minimum Gasteiger partial charge on any atom is -0.379 e. The Morgan fingerprint density at radius 2 is 2.00 bits per heavy atom. The third-order valence-electron chi connectivity index (χ3n) is 2.83. The van der Waals surface area contributed by atoms with Crippen molar-refractivity contribution < 1.29 is 17.9 Å². The second-order valence-electron chi connectivity index (χ2n) is 4.60. The van der Waals surface area contributed by atoms with Crippen molar-refractivity contribution in [3.8, 4) is 0 Å². The van der Waals surface area contributed by atoms with Gasteiger partial charge in [0, 0.05) is 25.7 Å². The van der Waals surface area contributed by atoms with Gasteiger partial charge in [-0.3, -0.25) is 0 Å². The van der Waals surface area contributed by atoms with Gasteiger partial charge < -0.3 is 15.5 Å². The number of anilines is 2. The number of hydrogen-bond acceptors (Lipinski definition) is 6. The van der Waals surface area contributed by atoms with E-state index in [4.69, 9.17) is 4.74 Å². The van der Waals surface area contributed by atoms with Gasteiger partial charge in [0.05, 0.1) is 13.2 Å². The molecule has 2 rings (SSSR count). The van der Waals surface area contributed by atoms with Gasteiger partial charge in [0.25, 0.3) is 0 Å². The molecular weight excluding hydrogens is 287 g/mol.